The number of nitrogens with one attached hydrogen (secondary N) is 1. The molecule has 1 heterocycles. The van der Waals surface area contributed by atoms with Crippen LogP contribution in [0.15, 0.2) is 0 Å². The summed E-state index contributed by atoms with van der Waals surface area (Å²) in [4.78, 5) is 11.5. The Balaban J connectivity index is 1.74. The summed E-state index contributed by atoms with van der Waals surface area (Å²) in [5.41, 5.74) is 0. The van der Waals surface area contributed by atoms with Crippen molar-refractivity contribution in [1.82, 2.24) is 5.32 Å². The van der Waals surface area contributed by atoms with Crippen LogP contribution in [0.5, 0.6) is 0 Å². The van der Waals surface area contributed by atoms with Crippen LogP contribution in [0, 0.1) is 23.7 Å². The van der Waals surface area contributed by atoms with Gasteiger partial charge in [0.05, 0.1) is 12.5 Å². The van der Waals surface area contributed by atoms with Crippen LogP contribution in [0.4, 0.5) is 0 Å². The highest BCUT2D eigenvalue weighted by Crippen LogP contribution is 2.49. The number of rotatable bonds is 3. The molecule has 2 rings (SSSR count). The van der Waals surface area contributed by atoms with Crippen molar-refractivity contribution in [3.63, 3.8) is 0 Å². The first-order valence-electron chi connectivity index (χ1n) is 5.07. The maximum Gasteiger partial charge on any atom is 0.309 e. The lowest BCUT2D eigenvalue weighted by molar-refractivity contribution is -0.147. The van der Waals surface area contributed by atoms with E-state index in [2.05, 4.69) is 19.2 Å². The Bertz CT molecular complexity index is 205. The third kappa shape index (κ3) is 1.70. The molecule has 1 saturated heterocycles. The monoisotopic (exact) mass is 183 g/mol. The number of esters is 1. The quantitative estimate of drug-likeness (QED) is 0.653. The van der Waals surface area contributed by atoms with Crippen molar-refractivity contribution in [1.29, 1.82) is 0 Å². The second-order valence-corrected chi connectivity index (χ2v) is 4.54. The maximum atomic E-state index is 11.5. The molecule has 3 nitrogen and oxygen atoms in total. The number of hydrogen-bond donors (Lipinski definition) is 1. The first-order valence-corrected chi connectivity index (χ1v) is 5.07. The SMILES string of the molecule is CC(C)COC(=O)C1C2CNCC21. The largest absolute Gasteiger partial charge is 0.465 e. The third-order valence-electron chi connectivity index (χ3n) is 2.92. The van der Waals surface area contributed by atoms with E-state index in [4.69, 9.17) is 4.74 Å². The van der Waals surface area contributed by atoms with Crippen molar-refractivity contribution in [3.8, 4) is 0 Å². The number of piperidine rings is 1. The van der Waals surface area contributed by atoms with Gasteiger partial charge in [-0.05, 0) is 30.8 Å². The summed E-state index contributed by atoms with van der Waals surface area (Å²) in [6, 6.07) is 0. The minimum atomic E-state index is 0.0326. The number of carbonyl (C=O) groups excluding carboxylic acids is 1. The zero-order valence-electron chi connectivity index (χ0n) is 8.25. The molecule has 0 aromatic carbocycles. The van der Waals surface area contributed by atoms with Crippen LogP contribution in [0.3, 0.4) is 0 Å². The molecule has 1 N–H and O–H groups in total. The van der Waals surface area contributed by atoms with Crippen molar-refractivity contribution in [2.75, 3.05) is 19.7 Å². The minimum Gasteiger partial charge on any atom is -0.465 e. The number of ether oxygens (including phenoxy) is 1. The molecule has 0 aromatic rings. The fraction of sp³-hybridized carbons (Fsp3) is 0.900. The highest BCUT2D eigenvalue weighted by Gasteiger charge is 2.57. The van der Waals surface area contributed by atoms with E-state index in [0.29, 0.717) is 24.4 Å². The average molecular weight is 183 g/mol. The molecule has 1 saturated carbocycles. The molecule has 74 valence electrons. The van der Waals surface area contributed by atoms with E-state index in [1.54, 1.807) is 0 Å². The van der Waals surface area contributed by atoms with Crippen LogP contribution in [-0.2, 0) is 9.53 Å². The lowest BCUT2D eigenvalue weighted by Crippen LogP contribution is -2.21. The molecule has 2 aliphatic rings. The molecule has 1 aliphatic heterocycles. The van der Waals surface area contributed by atoms with E-state index in [0.717, 1.165) is 13.1 Å². The van der Waals surface area contributed by atoms with Crippen LogP contribution in [0.25, 0.3) is 0 Å². The molecule has 0 radical (unpaired) electrons. The molecule has 0 bridgehead atoms. The molecule has 3 heteroatoms. The van der Waals surface area contributed by atoms with E-state index >= 15 is 0 Å². The number of hydrogen-bond acceptors (Lipinski definition) is 3. The van der Waals surface area contributed by atoms with E-state index in [1.807, 2.05) is 0 Å². The summed E-state index contributed by atoms with van der Waals surface area (Å²) < 4.78 is 5.20. The van der Waals surface area contributed by atoms with Gasteiger partial charge in [0.1, 0.15) is 0 Å². The van der Waals surface area contributed by atoms with Crippen LogP contribution < -0.4 is 5.32 Å². The van der Waals surface area contributed by atoms with Gasteiger partial charge < -0.3 is 10.1 Å². The van der Waals surface area contributed by atoms with Gasteiger partial charge in [0.2, 0.25) is 0 Å². The number of fused-ring (bicyclic) bond motifs is 1. The Labute approximate surface area is 78.8 Å². The Morgan fingerprint density at radius 1 is 1.46 bits per heavy atom. The van der Waals surface area contributed by atoms with Gasteiger partial charge in [-0.3, -0.25) is 4.79 Å². The lowest BCUT2D eigenvalue weighted by atomic mass is 10.2. The van der Waals surface area contributed by atoms with Crippen LogP contribution in [0.1, 0.15) is 13.8 Å². The lowest BCUT2D eigenvalue weighted by Gasteiger charge is -2.08. The molecular formula is C10H17NO2. The average Bonchev–Trinajstić information content (AvgIpc) is 2.56. The fourth-order valence-corrected chi connectivity index (χ4v) is 2.11. The summed E-state index contributed by atoms with van der Waals surface area (Å²) in [5.74, 6) is 1.87. The first kappa shape index (κ1) is 9.00. The third-order valence-corrected chi connectivity index (χ3v) is 2.92. The summed E-state index contributed by atoms with van der Waals surface area (Å²) in [5, 5.41) is 3.26. The first-order chi connectivity index (χ1) is 6.20. The predicted octanol–water partition coefficient (Wildman–Crippen LogP) is 0.651. The summed E-state index contributed by atoms with van der Waals surface area (Å²) in [6.07, 6.45) is 0. The molecule has 2 fully saturated rings. The standard InChI is InChI=1S/C10H17NO2/c1-6(2)5-13-10(12)9-7-3-11-4-8(7)9/h6-9,11H,3-5H2,1-2H3. The van der Waals surface area contributed by atoms with Gasteiger partial charge in [0.15, 0.2) is 0 Å². The Hall–Kier alpha value is -0.570. The molecule has 2 unspecified atom stereocenters. The summed E-state index contributed by atoms with van der Waals surface area (Å²) in [7, 11) is 0. The molecule has 2 atom stereocenters. The Morgan fingerprint density at radius 3 is 2.62 bits per heavy atom. The zero-order chi connectivity index (χ0) is 9.42. The van der Waals surface area contributed by atoms with Gasteiger partial charge in [-0.25, -0.2) is 0 Å². The van der Waals surface area contributed by atoms with E-state index in [-0.39, 0.29) is 11.9 Å². The van der Waals surface area contributed by atoms with Crippen LogP contribution in [-0.4, -0.2) is 25.7 Å². The molecule has 0 spiro atoms. The molecule has 13 heavy (non-hydrogen) atoms. The summed E-state index contributed by atoms with van der Waals surface area (Å²) >= 11 is 0. The normalized spacial score (nSPS) is 36.1. The van der Waals surface area contributed by atoms with Gasteiger partial charge in [-0.15, -0.1) is 0 Å². The minimum absolute atomic E-state index is 0.0326. The summed E-state index contributed by atoms with van der Waals surface area (Å²) in [6.45, 7) is 6.70. The van der Waals surface area contributed by atoms with Crippen molar-refractivity contribution in [2.45, 2.75) is 13.8 Å². The second-order valence-electron chi connectivity index (χ2n) is 4.54. The predicted molar refractivity (Wildman–Crippen MR) is 49.1 cm³/mol. The Morgan fingerprint density at radius 2 is 2.08 bits per heavy atom. The fourth-order valence-electron chi connectivity index (χ4n) is 2.11. The highest BCUT2D eigenvalue weighted by atomic mass is 16.5. The van der Waals surface area contributed by atoms with Gasteiger partial charge in [0, 0.05) is 0 Å². The molecule has 0 amide bonds. The van der Waals surface area contributed by atoms with Crippen LogP contribution in [0.2, 0.25) is 0 Å². The molecule has 1 aliphatic carbocycles. The second kappa shape index (κ2) is 3.29. The Kier molecular flexibility index (Phi) is 2.28. The highest BCUT2D eigenvalue weighted by molar-refractivity contribution is 5.77. The van der Waals surface area contributed by atoms with Gasteiger partial charge in [-0.2, -0.15) is 0 Å². The topological polar surface area (TPSA) is 38.3 Å². The van der Waals surface area contributed by atoms with E-state index in [9.17, 15) is 4.79 Å². The van der Waals surface area contributed by atoms with Gasteiger partial charge in [-0.1, -0.05) is 13.8 Å². The van der Waals surface area contributed by atoms with Crippen LogP contribution >= 0.6 is 0 Å². The van der Waals surface area contributed by atoms with Crippen molar-refractivity contribution >= 4 is 5.97 Å². The van der Waals surface area contributed by atoms with Gasteiger partial charge >= 0.3 is 5.97 Å². The molecular weight excluding hydrogens is 166 g/mol. The zero-order valence-corrected chi connectivity index (χ0v) is 8.25. The maximum absolute atomic E-state index is 11.5. The number of carbonyl (C=O) groups is 1. The van der Waals surface area contributed by atoms with Gasteiger partial charge in [0.25, 0.3) is 0 Å². The van der Waals surface area contributed by atoms with Crippen molar-refractivity contribution in [3.05, 3.63) is 0 Å². The van der Waals surface area contributed by atoms with Crippen molar-refractivity contribution in [2.24, 2.45) is 23.7 Å². The molecule has 0 aromatic heterocycles. The van der Waals surface area contributed by atoms with Crippen molar-refractivity contribution < 1.29 is 9.53 Å². The van der Waals surface area contributed by atoms with E-state index in [1.165, 1.54) is 0 Å². The van der Waals surface area contributed by atoms with E-state index < -0.39 is 0 Å². The smallest absolute Gasteiger partial charge is 0.309 e.